The minimum absolute atomic E-state index is 0.000802. The van der Waals surface area contributed by atoms with Crippen LogP contribution in [0.4, 0.5) is 22.8 Å². The summed E-state index contributed by atoms with van der Waals surface area (Å²) in [5, 5.41) is 2.58. The van der Waals surface area contributed by atoms with Crippen LogP contribution in [0.25, 0.3) is 0 Å². The Kier molecular flexibility index (Phi) is 10.1. The molecule has 2 heterocycles. The molecule has 2 amide bonds. The molecule has 1 aliphatic rings. The van der Waals surface area contributed by atoms with Crippen molar-refractivity contribution in [2.75, 3.05) is 12.8 Å². The van der Waals surface area contributed by atoms with E-state index in [0.29, 0.717) is 16.2 Å². The Balaban J connectivity index is 1.89. The molecule has 0 bridgehead atoms. The number of benzene rings is 1. The van der Waals surface area contributed by atoms with Crippen LogP contribution in [0.15, 0.2) is 30.3 Å². The number of rotatable bonds is 8. The number of hydrogen-bond donors (Lipinski definition) is 2. The van der Waals surface area contributed by atoms with Crippen LogP contribution in [0.3, 0.4) is 0 Å². The fourth-order valence-corrected chi connectivity index (χ4v) is 5.19. The zero-order chi connectivity index (χ0) is 33.3. The molecular weight excluding hydrogens is 605 g/mol. The van der Waals surface area contributed by atoms with E-state index < -0.39 is 70.2 Å². The molecule has 0 saturated carbocycles. The van der Waals surface area contributed by atoms with Gasteiger partial charge >= 0.3 is 12.2 Å². The number of likely N-dealkylation sites (tertiary alicyclic amines) is 1. The second-order valence-corrected chi connectivity index (χ2v) is 14.4. The van der Waals surface area contributed by atoms with Gasteiger partial charge in [-0.25, -0.2) is 40.9 Å². The summed E-state index contributed by atoms with van der Waals surface area (Å²) in [5.74, 6) is -4.84. The van der Waals surface area contributed by atoms with Gasteiger partial charge in [-0.15, -0.1) is 0 Å². The van der Waals surface area contributed by atoms with Crippen molar-refractivity contribution in [2.24, 2.45) is 0 Å². The summed E-state index contributed by atoms with van der Waals surface area (Å²) in [6, 6.07) is 3.83. The number of hydrogen-bond acceptors (Lipinski definition) is 8. The molecule has 0 aliphatic carbocycles. The summed E-state index contributed by atoms with van der Waals surface area (Å²) in [7, 11) is -4.14. The standard InChI is InChI=1S/C29H39F3N4O7S/c1-17-12-13-19(15-33-25(37)42-27(2,3)4)34-24(17)41-21-11-9-10-18(22(21)30)14-20-23(35-44(8,39)40)29(31,32)16-36(20)26(38)43-28(5,6)7/h9-13,20,23,35H,14-16H2,1-8H3,(H,33,37)/t20-,23+/m0/s1. The minimum Gasteiger partial charge on any atom is -0.444 e. The van der Waals surface area contributed by atoms with Crippen LogP contribution >= 0.6 is 0 Å². The number of aromatic nitrogens is 1. The van der Waals surface area contributed by atoms with Gasteiger partial charge in [0.05, 0.1) is 31.1 Å². The number of alkyl carbamates (subject to hydrolysis) is 1. The molecule has 0 unspecified atom stereocenters. The molecule has 1 aliphatic heterocycles. The van der Waals surface area contributed by atoms with Crippen molar-refractivity contribution in [3.05, 3.63) is 53.0 Å². The van der Waals surface area contributed by atoms with Crippen LogP contribution in [0.5, 0.6) is 11.6 Å². The number of nitrogens with zero attached hydrogens (tertiary/aromatic N) is 2. The Morgan fingerprint density at radius 2 is 1.70 bits per heavy atom. The summed E-state index contributed by atoms with van der Waals surface area (Å²) in [6.45, 7) is 10.4. The fraction of sp³-hybridized carbons (Fsp3) is 0.552. The van der Waals surface area contributed by atoms with E-state index in [1.54, 1.807) is 60.6 Å². The molecular formula is C29H39F3N4O7S. The maximum absolute atomic E-state index is 15.8. The minimum atomic E-state index is -4.14. The van der Waals surface area contributed by atoms with Gasteiger partial charge in [-0.2, -0.15) is 0 Å². The third-order valence-electron chi connectivity index (χ3n) is 6.19. The van der Waals surface area contributed by atoms with Crippen LogP contribution in [-0.4, -0.2) is 72.5 Å². The predicted molar refractivity (Wildman–Crippen MR) is 156 cm³/mol. The second-order valence-electron chi connectivity index (χ2n) is 12.6. The van der Waals surface area contributed by atoms with E-state index in [1.165, 1.54) is 18.2 Å². The molecule has 44 heavy (non-hydrogen) atoms. The highest BCUT2D eigenvalue weighted by atomic mass is 32.2. The number of carbonyl (C=O) groups excluding carboxylic acids is 2. The van der Waals surface area contributed by atoms with Crippen molar-refractivity contribution in [1.82, 2.24) is 19.9 Å². The Labute approximate surface area is 255 Å². The number of carbonyl (C=O) groups is 2. The van der Waals surface area contributed by atoms with Crippen LogP contribution in [-0.2, 0) is 32.5 Å². The highest BCUT2D eigenvalue weighted by Gasteiger charge is 2.57. The number of ether oxygens (including phenoxy) is 3. The first-order chi connectivity index (χ1) is 20.0. The molecule has 11 nitrogen and oxygen atoms in total. The number of halogens is 3. The molecule has 0 spiro atoms. The summed E-state index contributed by atoms with van der Waals surface area (Å²) in [6.07, 6.45) is -1.51. The lowest BCUT2D eigenvalue weighted by Crippen LogP contribution is -2.52. The summed E-state index contributed by atoms with van der Waals surface area (Å²) in [4.78, 5) is 30.0. The molecule has 2 N–H and O–H groups in total. The molecule has 3 rings (SSSR count). The van der Waals surface area contributed by atoms with Crippen molar-refractivity contribution in [2.45, 2.75) is 90.6 Å². The van der Waals surface area contributed by atoms with E-state index in [-0.39, 0.29) is 23.7 Å². The summed E-state index contributed by atoms with van der Waals surface area (Å²) >= 11 is 0. The van der Waals surface area contributed by atoms with E-state index in [0.717, 1.165) is 6.26 Å². The van der Waals surface area contributed by atoms with E-state index in [4.69, 9.17) is 14.2 Å². The van der Waals surface area contributed by atoms with Gasteiger partial charge in [0.1, 0.15) is 17.2 Å². The lowest BCUT2D eigenvalue weighted by atomic mass is 9.98. The van der Waals surface area contributed by atoms with Crippen LogP contribution in [0.1, 0.15) is 58.4 Å². The molecule has 2 atom stereocenters. The highest BCUT2D eigenvalue weighted by Crippen LogP contribution is 2.37. The van der Waals surface area contributed by atoms with Crippen LogP contribution < -0.4 is 14.8 Å². The van der Waals surface area contributed by atoms with Gasteiger partial charge in [0.15, 0.2) is 11.6 Å². The fourth-order valence-electron chi connectivity index (χ4n) is 4.40. The van der Waals surface area contributed by atoms with Gasteiger partial charge in [0.2, 0.25) is 15.9 Å². The SMILES string of the molecule is Cc1ccc(CNC(=O)OC(C)(C)C)nc1Oc1cccc(C[C@H]2[C@@H](NS(C)(=O)=O)C(F)(F)CN2C(=O)OC(C)(C)C)c1F. The maximum atomic E-state index is 15.8. The largest absolute Gasteiger partial charge is 0.444 e. The maximum Gasteiger partial charge on any atom is 0.410 e. The first-order valence-corrected chi connectivity index (χ1v) is 15.7. The van der Waals surface area contributed by atoms with Crippen molar-refractivity contribution >= 4 is 22.2 Å². The normalized spacial score (nSPS) is 18.6. The summed E-state index contributed by atoms with van der Waals surface area (Å²) < 4.78 is 88.3. The Morgan fingerprint density at radius 1 is 1.07 bits per heavy atom. The van der Waals surface area contributed by atoms with Gasteiger partial charge in [-0.05, 0) is 72.6 Å². The number of sulfonamides is 1. The van der Waals surface area contributed by atoms with Crippen LogP contribution in [0, 0.1) is 12.7 Å². The Hall–Kier alpha value is -3.59. The van der Waals surface area contributed by atoms with Gasteiger partial charge in [-0.1, -0.05) is 18.2 Å². The average molecular weight is 645 g/mol. The third-order valence-corrected chi connectivity index (χ3v) is 6.87. The monoisotopic (exact) mass is 644 g/mol. The van der Waals surface area contributed by atoms with E-state index in [2.05, 4.69) is 10.3 Å². The topological polar surface area (TPSA) is 136 Å². The number of aryl methyl sites for hydroxylation is 1. The number of alkyl halides is 2. The molecule has 1 saturated heterocycles. The van der Waals surface area contributed by atoms with Crippen molar-refractivity contribution in [3.63, 3.8) is 0 Å². The van der Waals surface area contributed by atoms with E-state index >= 15 is 13.2 Å². The lowest BCUT2D eigenvalue weighted by molar-refractivity contribution is -0.0122. The van der Waals surface area contributed by atoms with Gasteiger partial charge < -0.3 is 19.5 Å². The van der Waals surface area contributed by atoms with Crippen molar-refractivity contribution in [3.8, 4) is 11.6 Å². The van der Waals surface area contributed by atoms with E-state index in [1.807, 2.05) is 4.72 Å². The molecule has 1 fully saturated rings. The first-order valence-electron chi connectivity index (χ1n) is 13.8. The lowest BCUT2D eigenvalue weighted by Gasteiger charge is -2.30. The second kappa shape index (κ2) is 12.8. The molecule has 2 aromatic rings. The van der Waals surface area contributed by atoms with Gasteiger partial charge in [0, 0.05) is 5.56 Å². The zero-order valence-electron chi connectivity index (χ0n) is 26.0. The molecule has 0 radical (unpaired) electrons. The molecule has 244 valence electrons. The molecule has 1 aromatic carbocycles. The molecule has 1 aromatic heterocycles. The van der Waals surface area contributed by atoms with Crippen molar-refractivity contribution < 1.29 is 45.4 Å². The number of nitrogens with one attached hydrogen (secondary N) is 2. The number of pyridine rings is 1. The average Bonchev–Trinajstić information content (AvgIpc) is 3.08. The zero-order valence-corrected chi connectivity index (χ0v) is 26.8. The smallest absolute Gasteiger partial charge is 0.410 e. The number of amides is 2. The van der Waals surface area contributed by atoms with Gasteiger partial charge in [-0.3, -0.25) is 4.90 Å². The Bertz CT molecular complexity index is 1490. The first kappa shape index (κ1) is 34.9. The molecule has 15 heteroatoms. The van der Waals surface area contributed by atoms with Crippen LogP contribution in [0.2, 0.25) is 0 Å². The van der Waals surface area contributed by atoms with Crippen molar-refractivity contribution in [1.29, 1.82) is 0 Å². The summed E-state index contributed by atoms with van der Waals surface area (Å²) in [5.41, 5.74) is -0.899. The highest BCUT2D eigenvalue weighted by molar-refractivity contribution is 7.88. The van der Waals surface area contributed by atoms with Gasteiger partial charge in [0.25, 0.3) is 5.92 Å². The quantitative estimate of drug-likeness (QED) is 0.407. The predicted octanol–water partition coefficient (Wildman–Crippen LogP) is 5.06. The van der Waals surface area contributed by atoms with E-state index in [9.17, 15) is 18.0 Å². The Morgan fingerprint density at radius 3 is 2.30 bits per heavy atom. The third kappa shape index (κ3) is 9.71.